The first-order valence-electron chi connectivity index (χ1n) is 7.68. The fourth-order valence-corrected chi connectivity index (χ4v) is 3.08. The minimum absolute atomic E-state index is 0.577. The number of para-hydroxylation sites is 2. The van der Waals surface area contributed by atoms with Gasteiger partial charge in [-0.25, -0.2) is 4.98 Å². The summed E-state index contributed by atoms with van der Waals surface area (Å²) in [5.74, 6) is 1.21. The van der Waals surface area contributed by atoms with Crippen LogP contribution in [0.5, 0.6) is 0 Å². The molecule has 3 rings (SSSR count). The molecule has 4 heteroatoms. The van der Waals surface area contributed by atoms with Crippen LogP contribution in [-0.4, -0.2) is 40.1 Å². The molecule has 20 heavy (non-hydrogen) atoms. The summed E-state index contributed by atoms with van der Waals surface area (Å²) < 4.78 is 2.39. The number of nitrogens with zero attached hydrogens (tertiary/aromatic N) is 3. The molecular weight excluding hydrogens is 248 g/mol. The Kier molecular flexibility index (Phi) is 4.03. The molecule has 0 aliphatic carbocycles. The molecule has 1 unspecified atom stereocenters. The first-order valence-corrected chi connectivity index (χ1v) is 7.68. The fraction of sp³-hybridized carbons (Fsp3) is 0.562. The van der Waals surface area contributed by atoms with Crippen LogP contribution in [0.15, 0.2) is 24.3 Å². The topological polar surface area (TPSA) is 33.1 Å². The molecule has 1 aliphatic rings. The standard InChI is InChI=1S/C16H24N4/c1-3-9-20-15-7-5-4-6-14(15)18-16(20)12-19-10-8-17-13(2)11-19/h4-7,13,17H,3,8-12H2,1-2H3. The minimum atomic E-state index is 0.577. The van der Waals surface area contributed by atoms with E-state index in [1.807, 2.05) is 0 Å². The summed E-state index contributed by atoms with van der Waals surface area (Å²) in [5.41, 5.74) is 2.40. The van der Waals surface area contributed by atoms with Crippen molar-refractivity contribution in [3.63, 3.8) is 0 Å². The van der Waals surface area contributed by atoms with E-state index in [-0.39, 0.29) is 0 Å². The van der Waals surface area contributed by atoms with Gasteiger partial charge in [-0.3, -0.25) is 4.90 Å². The molecular formula is C16H24N4. The fourth-order valence-electron chi connectivity index (χ4n) is 3.08. The Hall–Kier alpha value is -1.39. The molecule has 0 spiro atoms. The summed E-state index contributed by atoms with van der Waals surface area (Å²) in [5, 5.41) is 3.50. The number of piperazine rings is 1. The summed E-state index contributed by atoms with van der Waals surface area (Å²) >= 11 is 0. The number of aromatic nitrogens is 2. The Balaban J connectivity index is 1.87. The Bertz CT molecular complexity index is 575. The number of imidazole rings is 1. The van der Waals surface area contributed by atoms with E-state index in [1.165, 1.54) is 11.3 Å². The quantitative estimate of drug-likeness (QED) is 0.926. The first kappa shape index (κ1) is 13.6. The second-order valence-electron chi connectivity index (χ2n) is 5.76. The van der Waals surface area contributed by atoms with Crippen LogP contribution in [0.25, 0.3) is 11.0 Å². The van der Waals surface area contributed by atoms with Crippen molar-refractivity contribution in [1.82, 2.24) is 19.8 Å². The van der Waals surface area contributed by atoms with Gasteiger partial charge < -0.3 is 9.88 Å². The number of aryl methyl sites for hydroxylation is 1. The maximum Gasteiger partial charge on any atom is 0.124 e. The van der Waals surface area contributed by atoms with Crippen molar-refractivity contribution in [2.75, 3.05) is 19.6 Å². The van der Waals surface area contributed by atoms with Gasteiger partial charge in [0, 0.05) is 32.2 Å². The monoisotopic (exact) mass is 272 g/mol. The van der Waals surface area contributed by atoms with Crippen molar-refractivity contribution in [1.29, 1.82) is 0 Å². The van der Waals surface area contributed by atoms with E-state index in [2.05, 4.69) is 52.9 Å². The van der Waals surface area contributed by atoms with Crippen LogP contribution < -0.4 is 5.32 Å². The van der Waals surface area contributed by atoms with Gasteiger partial charge in [-0.2, -0.15) is 0 Å². The second-order valence-corrected chi connectivity index (χ2v) is 5.76. The van der Waals surface area contributed by atoms with E-state index >= 15 is 0 Å². The molecule has 1 aromatic carbocycles. The molecule has 2 aromatic rings. The number of hydrogen-bond donors (Lipinski definition) is 1. The largest absolute Gasteiger partial charge is 0.327 e. The van der Waals surface area contributed by atoms with Gasteiger partial charge in [0.25, 0.3) is 0 Å². The van der Waals surface area contributed by atoms with E-state index in [9.17, 15) is 0 Å². The molecule has 4 nitrogen and oxygen atoms in total. The molecule has 1 fully saturated rings. The van der Waals surface area contributed by atoms with Gasteiger partial charge in [-0.05, 0) is 25.5 Å². The average molecular weight is 272 g/mol. The van der Waals surface area contributed by atoms with Crippen LogP contribution in [0.3, 0.4) is 0 Å². The van der Waals surface area contributed by atoms with E-state index < -0.39 is 0 Å². The predicted molar refractivity (Wildman–Crippen MR) is 82.8 cm³/mol. The smallest absolute Gasteiger partial charge is 0.124 e. The SMILES string of the molecule is CCCn1c(CN2CCNC(C)C2)nc2ccccc21. The lowest BCUT2D eigenvalue weighted by Crippen LogP contribution is -2.48. The third kappa shape index (κ3) is 2.72. The third-order valence-electron chi connectivity index (χ3n) is 4.00. The number of benzene rings is 1. The zero-order valence-electron chi connectivity index (χ0n) is 12.5. The highest BCUT2D eigenvalue weighted by atomic mass is 15.2. The lowest BCUT2D eigenvalue weighted by Gasteiger charge is -2.31. The first-order chi connectivity index (χ1) is 9.78. The van der Waals surface area contributed by atoms with Crippen LogP contribution >= 0.6 is 0 Å². The van der Waals surface area contributed by atoms with Crippen molar-refractivity contribution >= 4 is 11.0 Å². The van der Waals surface area contributed by atoms with Gasteiger partial charge in [-0.1, -0.05) is 19.1 Å². The maximum absolute atomic E-state index is 4.85. The molecule has 1 aliphatic heterocycles. The Morgan fingerprint density at radius 2 is 2.20 bits per heavy atom. The average Bonchev–Trinajstić information content (AvgIpc) is 2.77. The Morgan fingerprint density at radius 3 is 3.00 bits per heavy atom. The minimum Gasteiger partial charge on any atom is -0.327 e. The summed E-state index contributed by atoms with van der Waals surface area (Å²) in [6.45, 7) is 9.79. The van der Waals surface area contributed by atoms with Gasteiger partial charge in [0.1, 0.15) is 5.82 Å². The highest BCUT2D eigenvalue weighted by molar-refractivity contribution is 5.75. The normalized spacial score (nSPS) is 20.6. The van der Waals surface area contributed by atoms with Crippen LogP contribution in [-0.2, 0) is 13.1 Å². The molecule has 0 bridgehead atoms. The molecule has 0 radical (unpaired) electrons. The highest BCUT2D eigenvalue weighted by Crippen LogP contribution is 2.18. The number of fused-ring (bicyclic) bond motifs is 1. The number of nitrogens with one attached hydrogen (secondary N) is 1. The summed E-state index contributed by atoms with van der Waals surface area (Å²) in [7, 11) is 0. The van der Waals surface area contributed by atoms with Crippen molar-refractivity contribution < 1.29 is 0 Å². The van der Waals surface area contributed by atoms with E-state index in [0.29, 0.717) is 6.04 Å². The predicted octanol–water partition coefficient (Wildman–Crippen LogP) is 2.24. The lowest BCUT2D eigenvalue weighted by atomic mass is 10.2. The molecule has 0 saturated carbocycles. The van der Waals surface area contributed by atoms with Crippen molar-refractivity contribution in [3.8, 4) is 0 Å². The van der Waals surface area contributed by atoms with Gasteiger partial charge in [0.05, 0.1) is 17.6 Å². The second kappa shape index (κ2) is 5.94. The molecule has 108 valence electrons. The molecule has 0 amide bonds. The maximum atomic E-state index is 4.85. The van der Waals surface area contributed by atoms with Gasteiger partial charge in [0.15, 0.2) is 0 Å². The van der Waals surface area contributed by atoms with Crippen molar-refractivity contribution in [2.24, 2.45) is 0 Å². The third-order valence-corrected chi connectivity index (χ3v) is 4.00. The molecule has 1 aromatic heterocycles. The lowest BCUT2D eigenvalue weighted by molar-refractivity contribution is 0.193. The number of rotatable bonds is 4. The highest BCUT2D eigenvalue weighted by Gasteiger charge is 2.18. The van der Waals surface area contributed by atoms with Gasteiger partial charge >= 0.3 is 0 Å². The summed E-state index contributed by atoms with van der Waals surface area (Å²) in [6.07, 6.45) is 1.14. The molecule has 1 atom stereocenters. The molecule has 2 heterocycles. The molecule has 1 N–H and O–H groups in total. The van der Waals surface area contributed by atoms with Gasteiger partial charge in [0.2, 0.25) is 0 Å². The van der Waals surface area contributed by atoms with E-state index in [1.54, 1.807) is 0 Å². The van der Waals surface area contributed by atoms with Crippen LogP contribution in [0.4, 0.5) is 0 Å². The summed E-state index contributed by atoms with van der Waals surface area (Å²) in [4.78, 5) is 7.36. The zero-order chi connectivity index (χ0) is 13.9. The Labute approximate surface area is 120 Å². The zero-order valence-corrected chi connectivity index (χ0v) is 12.5. The van der Waals surface area contributed by atoms with Crippen LogP contribution in [0.2, 0.25) is 0 Å². The summed E-state index contributed by atoms with van der Waals surface area (Å²) in [6, 6.07) is 9.05. The van der Waals surface area contributed by atoms with Crippen LogP contribution in [0.1, 0.15) is 26.1 Å². The van der Waals surface area contributed by atoms with Gasteiger partial charge in [-0.15, -0.1) is 0 Å². The Morgan fingerprint density at radius 1 is 1.35 bits per heavy atom. The number of hydrogen-bond acceptors (Lipinski definition) is 3. The van der Waals surface area contributed by atoms with Crippen molar-refractivity contribution in [2.45, 2.75) is 39.4 Å². The van der Waals surface area contributed by atoms with Crippen LogP contribution in [0, 0.1) is 0 Å². The van der Waals surface area contributed by atoms with Crippen molar-refractivity contribution in [3.05, 3.63) is 30.1 Å². The van der Waals surface area contributed by atoms with E-state index in [0.717, 1.165) is 44.7 Å². The van der Waals surface area contributed by atoms with E-state index in [4.69, 9.17) is 4.98 Å². The molecule has 1 saturated heterocycles.